The number of hydrogen-bond donors (Lipinski definition) is 2. The molecule has 1 saturated heterocycles. The van der Waals surface area contributed by atoms with Crippen LogP contribution >= 0.6 is 35.6 Å². The minimum Gasteiger partial charge on any atom is -0.481 e. The van der Waals surface area contributed by atoms with Crippen molar-refractivity contribution in [1.82, 2.24) is 5.32 Å². The molecule has 2 rings (SSSR count). The number of hydrogen-bond acceptors (Lipinski definition) is 5. The van der Waals surface area contributed by atoms with Crippen LogP contribution in [0.1, 0.15) is 5.56 Å². The van der Waals surface area contributed by atoms with Gasteiger partial charge in [0.25, 0.3) is 5.91 Å². The third-order valence-corrected chi connectivity index (χ3v) is 3.65. The molecule has 1 aliphatic rings. The third kappa shape index (κ3) is 3.72. The highest BCUT2D eigenvalue weighted by Gasteiger charge is 2.22. The zero-order chi connectivity index (χ0) is 14.7. The molecule has 1 aromatic rings. The minimum atomic E-state index is -1.10. The number of thioether (sulfide) groups is 1. The van der Waals surface area contributed by atoms with Crippen LogP contribution in [0.15, 0.2) is 23.1 Å². The quantitative estimate of drug-likeness (QED) is 0.652. The molecule has 0 unspecified atom stereocenters. The van der Waals surface area contributed by atoms with Crippen molar-refractivity contribution in [3.63, 3.8) is 0 Å². The molecule has 0 spiro atoms. The van der Waals surface area contributed by atoms with Crippen LogP contribution in [0.3, 0.4) is 0 Å². The molecule has 1 fully saturated rings. The van der Waals surface area contributed by atoms with E-state index in [0.717, 1.165) is 11.8 Å². The second kappa shape index (κ2) is 6.25. The van der Waals surface area contributed by atoms with E-state index in [1.54, 1.807) is 18.2 Å². The molecule has 5 nitrogen and oxygen atoms in total. The highest BCUT2D eigenvalue weighted by Crippen LogP contribution is 2.30. The summed E-state index contributed by atoms with van der Waals surface area (Å²) in [5.41, 5.74) is 0.554. The second-order valence-corrected chi connectivity index (χ2v) is 5.87. The Balaban J connectivity index is 2.31. The molecule has 20 heavy (non-hydrogen) atoms. The summed E-state index contributed by atoms with van der Waals surface area (Å²) >= 11 is 11.9. The van der Waals surface area contributed by atoms with Crippen LogP contribution in [0.25, 0.3) is 6.08 Å². The van der Waals surface area contributed by atoms with E-state index in [9.17, 15) is 9.59 Å². The van der Waals surface area contributed by atoms with Crippen molar-refractivity contribution < 1.29 is 19.4 Å². The fourth-order valence-electron chi connectivity index (χ4n) is 1.45. The summed E-state index contributed by atoms with van der Waals surface area (Å²) in [6.45, 7) is -0.492. The van der Waals surface area contributed by atoms with Gasteiger partial charge in [0, 0.05) is 10.6 Å². The number of carbonyl (C=O) groups excluding carboxylic acids is 1. The van der Waals surface area contributed by atoms with Gasteiger partial charge in [-0.25, -0.2) is 4.79 Å². The predicted molar refractivity (Wildman–Crippen MR) is 80.9 cm³/mol. The zero-order valence-corrected chi connectivity index (χ0v) is 12.3. The van der Waals surface area contributed by atoms with Crippen molar-refractivity contribution in [3.05, 3.63) is 33.7 Å². The second-order valence-electron chi connectivity index (χ2n) is 3.72. The van der Waals surface area contributed by atoms with Gasteiger partial charge in [0.1, 0.15) is 10.1 Å². The predicted octanol–water partition coefficient (Wildman–Crippen LogP) is 2.29. The molecule has 0 radical (unpaired) electrons. The normalized spacial score (nSPS) is 16.4. The number of halogens is 1. The highest BCUT2D eigenvalue weighted by molar-refractivity contribution is 8.26. The van der Waals surface area contributed by atoms with E-state index in [-0.39, 0.29) is 5.91 Å². The van der Waals surface area contributed by atoms with E-state index in [2.05, 4.69) is 5.32 Å². The number of nitrogens with one attached hydrogen (secondary N) is 1. The first-order chi connectivity index (χ1) is 9.45. The van der Waals surface area contributed by atoms with Crippen molar-refractivity contribution in [2.75, 3.05) is 6.61 Å². The van der Waals surface area contributed by atoms with Gasteiger partial charge in [-0.15, -0.1) is 0 Å². The lowest BCUT2D eigenvalue weighted by atomic mass is 10.2. The minimum absolute atomic E-state index is 0.290. The van der Waals surface area contributed by atoms with Gasteiger partial charge in [-0.05, 0) is 24.3 Å². The van der Waals surface area contributed by atoms with Crippen LogP contribution < -0.4 is 10.1 Å². The molecule has 0 atom stereocenters. The fraction of sp³-hybridized carbons (Fsp3) is 0.0833. The smallest absolute Gasteiger partial charge is 0.341 e. The summed E-state index contributed by atoms with van der Waals surface area (Å²) in [5, 5.41) is 11.5. The Bertz CT molecular complexity index is 630. The Labute approximate surface area is 128 Å². The molecular weight excluding hydrogens is 322 g/mol. The summed E-state index contributed by atoms with van der Waals surface area (Å²) in [4.78, 5) is 22.5. The molecule has 1 aliphatic heterocycles. The monoisotopic (exact) mass is 329 g/mol. The fourth-order valence-corrected chi connectivity index (χ4v) is 2.65. The van der Waals surface area contributed by atoms with Gasteiger partial charge in [-0.2, -0.15) is 0 Å². The number of aliphatic carboxylic acids is 1. The van der Waals surface area contributed by atoms with E-state index >= 15 is 0 Å². The van der Waals surface area contributed by atoms with Gasteiger partial charge >= 0.3 is 5.97 Å². The first-order valence-corrected chi connectivity index (χ1v) is 6.95. The Morgan fingerprint density at radius 1 is 1.55 bits per heavy atom. The van der Waals surface area contributed by atoms with E-state index in [1.807, 2.05) is 0 Å². The Hall–Kier alpha value is -1.57. The van der Waals surface area contributed by atoms with Crippen LogP contribution in [0.4, 0.5) is 0 Å². The van der Waals surface area contributed by atoms with Gasteiger partial charge in [0.15, 0.2) is 6.61 Å². The number of ether oxygens (including phenoxy) is 1. The lowest BCUT2D eigenvalue weighted by molar-refractivity contribution is -0.139. The summed E-state index contributed by atoms with van der Waals surface area (Å²) in [6.07, 6.45) is 1.58. The van der Waals surface area contributed by atoms with Gasteiger partial charge in [-0.3, -0.25) is 4.79 Å². The first kappa shape index (κ1) is 14.8. The standard InChI is InChI=1S/C12H8ClNO4S2/c13-7-2-1-6(8(4-7)18-5-10(15)16)3-9-11(17)14-12(19)20-9/h1-4H,5H2,(H,15,16)(H,14,17,19)/b9-3-. The molecule has 2 N–H and O–H groups in total. The Morgan fingerprint density at radius 2 is 2.30 bits per heavy atom. The maximum atomic E-state index is 11.6. The third-order valence-electron chi connectivity index (χ3n) is 2.26. The van der Waals surface area contributed by atoms with Gasteiger partial charge in [0.2, 0.25) is 0 Å². The van der Waals surface area contributed by atoms with E-state index in [4.69, 9.17) is 33.7 Å². The summed E-state index contributed by atoms with van der Waals surface area (Å²) in [6, 6.07) is 4.76. The number of carboxylic acids is 1. The van der Waals surface area contributed by atoms with Crippen molar-refractivity contribution in [2.24, 2.45) is 0 Å². The van der Waals surface area contributed by atoms with E-state index < -0.39 is 12.6 Å². The van der Waals surface area contributed by atoms with Crippen molar-refractivity contribution >= 4 is 57.9 Å². The SMILES string of the molecule is O=C(O)COc1cc(Cl)ccc1/C=C1\SC(=S)NC1=O. The average Bonchev–Trinajstić information content (AvgIpc) is 2.68. The number of amides is 1. The number of carbonyl (C=O) groups is 2. The average molecular weight is 330 g/mol. The molecule has 1 amide bonds. The Morgan fingerprint density at radius 3 is 2.90 bits per heavy atom. The Kier molecular flexibility index (Phi) is 4.64. The summed E-state index contributed by atoms with van der Waals surface area (Å²) < 4.78 is 5.53. The molecule has 0 aliphatic carbocycles. The number of thiocarbonyl (C=S) groups is 1. The molecule has 0 saturated carbocycles. The number of carboxylic acid groups (broad SMARTS) is 1. The van der Waals surface area contributed by atoms with Gasteiger partial charge in [-0.1, -0.05) is 35.6 Å². The lowest BCUT2D eigenvalue weighted by Crippen LogP contribution is -2.17. The van der Waals surface area contributed by atoms with Crippen molar-refractivity contribution in [1.29, 1.82) is 0 Å². The van der Waals surface area contributed by atoms with Crippen molar-refractivity contribution in [3.8, 4) is 5.75 Å². The van der Waals surface area contributed by atoms with Crippen LogP contribution in [-0.2, 0) is 9.59 Å². The molecule has 0 aromatic heterocycles. The summed E-state index contributed by atoms with van der Waals surface area (Å²) in [5.74, 6) is -1.10. The molecule has 104 valence electrons. The lowest BCUT2D eigenvalue weighted by Gasteiger charge is -2.08. The maximum absolute atomic E-state index is 11.6. The highest BCUT2D eigenvalue weighted by atomic mass is 35.5. The zero-order valence-electron chi connectivity index (χ0n) is 9.88. The van der Waals surface area contributed by atoms with Crippen LogP contribution in [0.5, 0.6) is 5.75 Å². The van der Waals surface area contributed by atoms with Gasteiger partial charge < -0.3 is 15.2 Å². The van der Waals surface area contributed by atoms with Crippen LogP contribution in [-0.4, -0.2) is 27.9 Å². The first-order valence-electron chi connectivity index (χ1n) is 5.34. The van der Waals surface area contributed by atoms with Crippen LogP contribution in [0, 0.1) is 0 Å². The molecule has 1 aromatic carbocycles. The van der Waals surface area contributed by atoms with Crippen molar-refractivity contribution in [2.45, 2.75) is 0 Å². The molecular formula is C12H8ClNO4S2. The maximum Gasteiger partial charge on any atom is 0.341 e. The molecule has 1 heterocycles. The van der Waals surface area contributed by atoms with Crippen LogP contribution in [0.2, 0.25) is 5.02 Å². The number of benzene rings is 1. The van der Waals surface area contributed by atoms with Gasteiger partial charge in [0.05, 0.1) is 4.91 Å². The van der Waals surface area contributed by atoms with E-state index in [0.29, 0.717) is 25.6 Å². The largest absolute Gasteiger partial charge is 0.481 e. The van der Waals surface area contributed by atoms with E-state index in [1.165, 1.54) is 6.07 Å². The number of rotatable bonds is 4. The molecule has 0 bridgehead atoms. The summed E-state index contributed by atoms with van der Waals surface area (Å²) in [7, 11) is 0. The topological polar surface area (TPSA) is 75.6 Å². The molecule has 8 heteroatoms.